The first-order valence-corrected chi connectivity index (χ1v) is 12.8. The number of carbonyl (C=O) groups is 1. The van der Waals surface area contributed by atoms with E-state index in [0.29, 0.717) is 35.7 Å². The van der Waals surface area contributed by atoms with E-state index >= 15 is 0 Å². The summed E-state index contributed by atoms with van der Waals surface area (Å²) in [6.07, 6.45) is 7.27. The highest BCUT2D eigenvalue weighted by Crippen LogP contribution is 2.65. The zero-order valence-corrected chi connectivity index (χ0v) is 22.5. The van der Waals surface area contributed by atoms with Gasteiger partial charge in [0.25, 0.3) is 0 Å². The van der Waals surface area contributed by atoms with E-state index in [2.05, 4.69) is 60.6 Å². The van der Waals surface area contributed by atoms with Gasteiger partial charge in [-0.15, -0.1) is 12.3 Å². The van der Waals surface area contributed by atoms with Crippen molar-refractivity contribution in [2.24, 2.45) is 28.6 Å². The predicted molar refractivity (Wildman–Crippen MR) is 138 cm³/mol. The first kappa shape index (κ1) is 25.3. The zero-order valence-electron chi connectivity index (χ0n) is 20.9. The maximum atomic E-state index is 13.9. The summed E-state index contributed by atoms with van der Waals surface area (Å²) in [5.74, 6) is 3.74. The minimum absolute atomic E-state index is 0.0212. The summed E-state index contributed by atoms with van der Waals surface area (Å²) in [5, 5.41) is 9.38. The van der Waals surface area contributed by atoms with Crippen LogP contribution in [0.3, 0.4) is 0 Å². The van der Waals surface area contributed by atoms with Gasteiger partial charge >= 0.3 is 0 Å². The molecule has 2 aliphatic carbocycles. The van der Waals surface area contributed by atoms with Crippen molar-refractivity contribution in [3.63, 3.8) is 0 Å². The van der Waals surface area contributed by atoms with E-state index < -0.39 is 0 Å². The van der Waals surface area contributed by atoms with Gasteiger partial charge in [0.2, 0.25) is 0 Å². The Morgan fingerprint density at radius 3 is 2.54 bits per heavy atom. The number of pyridine rings is 1. The van der Waals surface area contributed by atoms with Crippen LogP contribution in [0.1, 0.15) is 62.7 Å². The molecular formula is C29H31BrN2O3. The monoisotopic (exact) mass is 534 g/mol. The average Bonchev–Trinajstić information content (AvgIpc) is 2.93. The van der Waals surface area contributed by atoms with Crippen molar-refractivity contribution in [1.82, 2.24) is 4.98 Å². The summed E-state index contributed by atoms with van der Waals surface area (Å²) < 4.78 is 12.9. The number of nitrogens with zero attached hydrogens (tertiary/aromatic N) is 2. The maximum Gasteiger partial charge on any atom is 0.169 e. The standard InChI is InChI=1S/C29H31BrN2O3/c1-7-17-10-13-21-20(12-14-23(30)32-21)25(33)24(17)26-28(3,4)27(29(26,5)6)35-19-11-9-18(16-31)22(15-19)34-8-2/h1,9,11-12,14-15,17,24,26-27H,8,10,13H2,2-6H3/t17?,24?,26-,27-. The normalized spacial score (nSPS) is 26.3. The number of halogens is 1. The molecule has 5 nitrogen and oxygen atoms in total. The van der Waals surface area contributed by atoms with Crippen molar-refractivity contribution < 1.29 is 14.3 Å². The van der Waals surface area contributed by atoms with Crippen molar-refractivity contribution in [1.29, 1.82) is 5.26 Å². The molecule has 0 radical (unpaired) electrons. The molecule has 0 N–H and O–H groups in total. The molecule has 2 atom stereocenters. The Labute approximate surface area is 216 Å². The third-order valence-electron chi connectivity index (χ3n) is 7.79. The molecule has 4 rings (SSSR count). The molecular weight excluding hydrogens is 504 g/mol. The van der Waals surface area contributed by atoms with E-state index in [-0.39, 0.29) is 40.5 Å². The second-order valence-electron chi connectivity index (χ2n) is 10.7. The topological polar surface area (TPSA) is 72.2 Å². The molecule has 1 heterocycles. The van der Waals surface area contributed by atoms with Crippen molar-refractivity contribution in [3.05, 3.63) is 51.8 Å². The Morgan fingerprint density at radius 1 is 1.20 bits per heavy atom. The molecule has 0 aliphatic heterocycles. The van der Waals surface area contributed by atoms with Gasteiger partial charge in [-0.2, -0.15) is 5.26 Å². The Morgan fingerprint density at radius 2 is 1.91 bits per heavy atom. The lowest BCUT2D eigenvalue weighted by Gasteiger charge is -2.65. The van der Waals surface area contributed by atoms with Crippen molar-refractivity contribution in [2.75, 3.05) is 6.61 Å². The molecule has 2 unspecified atom stereocenters. The molecule has 0 saturated heterocycles. The summed E-state index contributed by atoms with van der Waals surface area (Å²) in [7, 11) is 0. The molecule has 2 aliphatic rings. The number of rotatable bonds is 5. The van der Waals surface area contributed by atoms with Gasteiger partial charge in [0, 0.05) is 34.3 Å². The van der Waals surface area contributed by atoms with Crippen LogP contribution in [0.2, 0.25) is 0 Å². The number of ether oxygens (including phenoxy) is 2. The van der Waals surface area contributed by atoms with E-state index in [4.69, 9.17) is 15.9 Å². The second-order valence-corrected chi connectivity index (χ2v) is 11.5. The fraction of sp³-hybridized carbons (Fsp3) is 0.483. The number of hydrogen-bond acceptors (Lipinski definition) is 5. The molecule has 2 aromatic rings. The van der Waals surface area contributed by atoms with Gasteiger partial charge in [0.15, 0.2) is 5.78 Å². The van der Waals surface area contributed by atoms with E-state index in [9.17, 15) is 10.1 Å². The molecule has 1 aromatic heterocycles. The SMILES string of the molecule is C#CC1CCc2nc(Br)ccc2C(=O)C1[C@H]1C(C)(C)[C@H](Oc2ccc(C#N)c(OCC)c2)C1(C)C. The molecule has 0 amide bonds. The van der Waals surface area contributed by atoms with Gasteiger partial charge in [0.05, 0.1) is 17.9 Å². The van der Waals surface area contributed by atoms with E-state index in [1.165, 1.54) is 0 Å². The van der Waals surface area contributed by atoms with Crippen LogP contribution in [0.15, 0.2) is 34.9 Å². The highest BCUT2D eigenvalue weighted by atomic mass is 79.9. The van der Waals surface area contributed by atoms with Gasteiger partial charge in [0.1, 0.15) is 28.3 Å². The number of Topliss-reactive ketones (excluding diaryl/α,β-unsaturated/α-hetero) is 1. The highest BCUT2D eigenvalue weighted by Gasteiger charge is 2.67. The van der Waals surface area contributed by atoms with Gasteiger partial charge in [-0.05, 0) is 65.9 Å². The third-order valence-corrected chi connectivity index (χ3v) is 8.23. The van der Waals surface area contributed by atoms with Crippen molar-refractivity contribution in [2.45, 2.75) is 53.6 Å². The number of hydrogen-bond donors (Lipinski definition) is 0. The quantitative estimate of drug-likeness (QED) is 0.258. The summed E-state index contributed by atoms with van der Waals surface area (Å²) in [6.45, 7) is 11.0. The van der Waals surface area contributed by atoms with Crippen LogP contribution in [-0.4, -0.2) is 23.5 Å². The largest absolute Gasteiger partial charge is 0.492 e. The van der Waals surface area contributed by atoms with Crippen LogP contribution >= 0.6 is 15.9 Å². The lowest BCUT2D eigenvalue weighted by molar-refractivity contribution is -0.216. The molecule has 1 fully saturated rings. The van der Waals surface area contributed by atoms with Crippen molar-refractivity contribution in [3.8, 4) is 29.9 Å². The fourth-order valence-electron chi connectivity index (χ4n) is 6.75. The van der Waals surface area contributed by atoms with Gasteiger partial charge in [-0.1, -0.05) is 27.7 Å². The van der Waals surface area contributed by atoms with Crippen LogP contribution in [0.4, 0.5) is 0 Å². The minimum atomic E-state index is -0.314. The molecule has 6 heteroatoms. The second kappa shape index (κ2) is 9.32. The number of carbonyl (C=O) groups excluding carboxylic acids is 1. The number of aromatic nitrogens is 1. The lowest BCUT2D eigenvalue weighted by atomic mass is 9.41. The van der Waals surface area contributed by atoms with E-state index in [0.717, 1.165) is 16.7 Å². The van der Waals surface area contributed by atoms with Crippen LogP contribution in [0, 0.1) is 52.3 Å². The Bertz CT molecular complexity index is 1220. The number of benzene rings is 1. The Hall–Kier alpha value is -2.83. The number of terminal acetylenes is 1. The first-order valence-electron chi connectivity index (χ1n) is 12.1. The lowest BCUT2D eigenvalue weighted by Crippen LogP contribution is -2.69. The minimum Gasteiger partial charge on any atom is -0.492 e. The average molecular weight is 535 g/mol. The molecule has 1 aromatic carbocycles. The van der Waals surface area contributed by atoms with Crippen LogP contribution in [0.25, 0.3) is 0 Å². The maximum absolute atomic E-state index is 13.9. The first-order chi connectivity index (χ1) is 16.6. The molecule has 35 heavy (non-hydrogen) atoms. The van der Waals surface area contributed by atoms with Crippen LogP contribution in [-0.2, 0) is 6.42 Å². The molecule has 0 spiro atoms. The number of ketones is 1. The number of fused-ring (bicyclic) bond motifs is 1. The van der Waals surface area contributed by atoms with Gasteiger partial charge in [-0.3, -0.25) is 4.79 Å². The fourth-order valence-corrected chi connectivity index (χ4v) is 7.10. The molecule has 1 saturated carbocycles. The summed E-state index contributed by atoms with van der Waals surface area (Å²) in [6, 6.07) is 11.2. The smallest absolute Gasteiger partial charge is 0.169 e. The number of nitriles is 1. The Balaban J connectivity index is 1.67. The van der Waals surface area contributed by atoms with E-state index in [1.54, 1.807) is 18.2 Å². The summed E-state index contributed by atoms with van der Waals surface area (Å²) in [5.41, 5.74) is 1.35. The Kier molecular flexibility index (Phi) is 6.73. The van der Waals surface area contributed by atoms with Gasteiger partial charge < -0.3 is 9.47 Å². The van der Waals surface area contributed by atoms with Gasteiger partial charge in [-0.25, -0.2) is 4.98 Å². The zero-order chi connectivity index (χ0) is 25.5. The third kappa shape index (κ3) is 4.23. The summed E-state index contributed by atoms with van der Waals surface area (Å²) >= 11 is 3.43. The van der Waals surface area contributed by atoms with Crippen molar-refractivity contribution >= 4 is 21.7 Å². The number of aryl methyl sites for hydroxylation is 1. The van der Waals surface area contributed by atoms with E-state index in [1.807, 2.05) is 19.1 Å². The molecule has 182 valence electrons. The predicted octanol–water partition coefficient (Wildman–Crippen LogP) is 6.24. The highest BCUT2D eigenvalue weighted by molar-refractivity contribution is 9.10. The van der Waals surface area contributed by atoms with Crippen LogP contribution in [0.5, 0.6) is 11.5 Å². The summed E-state index contributed by atoms with van der Waals surface area (Å²) in [4.78, 5) is 18.5. The van der Waals surface area contributed by atoms with Crippen LogP contribution < -0.4 is 9.47 Å². The molecule has 0 bridgehead atoms.